The molecule has 6 nitrogen and oxygen atoms in total. The molecule has 102 valence electrons. The van der Waals surface area contributed by atoms with Gasteiger partial charge in [0, 0.05) is 5.92 Å². The highest BCUT2D eigenvalue weighted by Crippen LogP contribution is 2.49. The van der Waals surface area contributed by atoms with Crippen LogP contribution in [0.25, 0.3) is 0 Å². The Hall–Kier alpha value is 0.0600. The van der Waals surface area contributed by atoms with Crippen LogP contribution in [0.2, 0.25) is 0 Å². The standard InChI is InChI=1S/C9H19O6PS/c1-3-14-16(10,15-4-2)8-17(11,12)7-9-5-13-6-9/h9H,3-8H2,1-2H3. The van der Waals surface area contributed by atoms with Crippen LogP contribution >= 0.6 is 7.60 Å². The Labute approximate surface area is 102 Å². The smallest absolute Gasteiger partial charge is 0.345 e. The van der Waals surface area contributed by atoms with Gasteiger partial charge in [-0.05, 0) is 13.8 Å². The van der Waals surface area contributed by atoms with Gasteiger partial charge in [0.05, 0.1) is 32.2 Å². The van der Waals surface area contributed by atoms with Crippen molar-refractivity contribution in [2.75, 3.05) is 37.7 Å². The van der Waals surface area contributed by atoms with E-state index in [1.807, 2.05) is 0 Å². The van der Waals surface area contributed by atoms with Gasteiger partial charge in [-0.3, -0.25) is 4.57 Å². The summed E-state index contributed by atoms with van der Waals surface area (Å²) in [5.74, 6) is -0.00589. The molecule has 0 N–H and O–H groups in total. The molecule has 1 aliphatic rings. The average Bonchev–Trinajstić information content (AvgIpc) is 2.11. The van der Waals surface area contributed by atoms with Crippen molar-refractivity contribution in [3.63, 3.8) is 0 Å². The lowest BCUT2D eigenvalue weighted by molar-refractivity contribution is -0.0204. The molecule has 0 atom stereocenters. The number of hydrogen-bond acceptors (Lipinski definition) is 6. The summed E-state index contributed by atoms with van der Waals surface area (Å²) >= 11 is 0. The lowest BCUT2D eigenvalue weighted by atomic mass is 10.1. The fourth-order valence-electron chi connectivity index (χ4n) is 1.54. The van der Waals surface area contributed by atoms with Crippen molar-refractivity contribution in [1.82, 2.24) is 0 Å². The summed E-state index contributed by atoms with van der Waals surface area (Å²) in [6.07, 6.45) is 0. The SMILES string of the molecule is CCOP(=O)(CS(=O)(=O)CC1COC1)OCC. The highest BCUT2D eigenvalue weighted by atomic mass is 32.2. The third kappa shape index (κ3) is 5.06. The van der Waals surface area contributed by atoms with E-state index in [0.29, 0.717) is 13.2 Å². The van der Waals surface area contributed by atoms with Crippen molar-refractivity contribution in [2.45, 2.75) is 13.8 Å². The third-order valence-electron chi connectivity index (χ3n) is 2.20. The fraction of sp³-hybridized carbons (Fsp3) is 1.00. The van der Waals surface area contributed by atoms with Crippen LogP contribution in [0, 0.1) is 5.92 Å². The maximum Gasteiger partial charge on any atom is 0.345 e. The minimum Gasteiger partial charge on any atom is -0.381 e. The average molecular weight is 286 g/mol. The molecule has 0 aromatic rings. The zero-order valence-electron chi connectivity index (χ0n) is 10.1. The molecule has 1 rings (SSSR count). The Kier molecular flexibility index (Phi) is 5.60. The van der Waals surface area contributed by atoms with Gasteiger partial charge in [0.1, 0.15) is 0 Å². The van der Waals surface area contributed by atoms with Crippen molar-refractivity contribution in [3.8, 4) is 0 Å². The second kappa shape index (κ2) is 6.29. The number of hydrogen-bond donors (Lipinski definition) is 0. The van der Waals surface area contributed by atoms with Crippen LogP contribution in [0.1, 0.15) is 13.8 Å². The number of sulfone groups is 1. The summed E-state index contributed by atoms with van der Waals surface area (Å²) in [7, 11) is -6.95. The molecule has 0 aromatic heterocycles. The molecule has 1 fully saturated rings. The topological polar surface area (TPSA) is 78.9 Å². The summed E-state index contributed by atoms with van der Waals surface area (Å²) in [5, 5.41) is 0. The molecule has 8 heteroatoms. The first-order chi connectivity index (χ1) is 7.91. The van der Waals surface area contributed by atoms with Crippen LogP contribution in [0.5, 0.6) is 0 Å². The van der Waals surface area contributed by atoms with E-state index in [-0.39, 0.29) is 24.9 Å². The van der Waals surface area contributed by atoms with Crippen LogP contribution < -0.4 is 0 Å². The molecular formula is C9H19O6PS. The van der Waals surface area contributed by atoms with Crippen LogP contribution in [0.4, 0.5) is 0 Å². The van der Waals surface area contributed by atoms with Crippen LogP contribution in [-0.4, -0.2) is 46.1 Å². The highest BCUT2D eigenvalue weighted by Gasteiger charge is 2.34. The molecule has 0 amide bonds. The number of ether oxygens (including phenoxy) is 1. The maximum absolute atomic E-state index is 12.1. The predicted octanol–water partition coefficient (Wildman–Crippen LogP) is 1.27. The first-order valence-electron chi connectivity index (χ1n) is 5.57. The van der Waals surface area contributed by atoms with Gasteiger partial charge in [-0.25, -0.2) is 8.42 Å². The minimum atomic E-state index is -3.51. The molecule has 1 saturated heterocycles. The summed E-state index contributed by atoms with van der Waals surface area (Å²) in [4.78, 5) is 0. The van der Waals surface area contributed by atoms with Gasteiger partial charge in [0.2, 0.25) is 0 Å². The number of rotatable bonds is 8. The zero-order valence-corrected chi connectivity index (χ0v) is 11.8. The van der Waals surface area contributed by atoms with E-state index in [0.717, 1.165) is 0 Å². The van der Waals surface area contributed by atoms with E-state index in [2.05, 4.69) is 0 Å². The van der Waals surface area contributed by atoms with Gasteiger partial charge < -0.3 is 13.8 Å². The second-order valence-electron chi connectivity index (χ2n) is 3.89. The predicted molar refractivity (Wildman–Crippen MR) is 63.8 cm³/mol. The van der Waals surface area contributed by atoms with Gasteiger partial charge in [-0.2, -0.15) is 0 Å². The van der Waals surface area contributed by atoms with Crippen molar-refractivity contribution >= 4 is 17.4 Å². The largest absolute Gasteiger partial charge is 0.381 e. The van der Waals surface area contributed by atoms with Crippen molar-refractivity contribution in [1.29, 1.82) is 0 Å². The van der Waals surface area contributed by atoms with E-state index in [9.17, 15) is 13.0 Å². The zero-order chi connectivity index (χ0) is 12.9. The first-order valence-corrected chi connectivity index (χ1v) is 9.12. The molecule has 0 aliphatic carbocycles. The van der Waals surface area contributed by atoms with Gasteiger partial charge in [-0.1, -0.05) is 0 Å². The molecular weight excluding hydrogens is 267 g/mol. The van der Waals surface area contributed by atoms with E-state index in [1.54, 1.807) is 13.8 Å². The summed E-state index contributed by atoms with van der Waals surface area (Å²) in [6, 6.07) is 0. The fourth-order valence-corrected chi connectivity index (χ4v) is 6.26. The summed E-state index contributed by atoms with van der Waals surface area (Å²) in [5.41, 5.74) is -0.543. The molecule has 0 aromatic carbocycles. The summed E-state index contributed by atoms with van der Waals surface area (Å²) < 4.78 is 50.5. The van der Waals surface area contributed by atoms with E-state index in [4.69, 9.17) is 13.8 Å². The molecule has 0 unspecified atom stereocenters. The van der Waals surface area contributed by atoms with Gasteiger partial charge in [0.25, 0.3) is 0 Å². The Bertz CT molecular complexity index is 365. The highest BCUT2D eigenvalue weighted by molar-refractivity contribution is 7.97. The Morgan fingerprint density at radius 1 is 1.24 bits per heavy atom. The first kappa shape index (κ1) is 15.1. The molecule has 0 saturated carbocycles. The Morgan fingerprint density at radius 3 is 2.12 bits per heavy atom. The second-order valence-corrected chi connectivity index (χ2v) is 8.48. The van der Waals surface area contributed by atoms with E-state index >= 15 is 0 Å². The molecule has 1 heterocycles. The van der Waals surface area contributed by atoms with E-state index < -0.39 is 22.9 Å². The normalized spacial score (nSPS) is 18.0. The van der Waals surface area contributed by atoms with Crippen molar-refractivity contribution in [3.05, 3.63) is 0 Å². The molecule has 0 spiro atoms. The molecule has 0 bridgehead atoms. The van der Waals surface area contributed by atoms with Crippen molar-refractivity contribution in [2.24, 2.45) is 5.92 Å². The minimum absolute atomic E-state index is 0.0108. The monoisotopic (exact) mass is 286 g/mol. The Balaban J connectivity index is 2.61. The molecule has 1 aliphatic heterocycles. The van der Waals surface area contributed by atoms with Gasteiger partial charge >= 0.3 is 7.60 Å². The lowest BCUT2D eigenvalue weighted by Gasteiger charge is -2.26. The molecule has 17 heavy (non-hydrogen) atoms. The lowest BCUT2D eigenvalue weighted by Crippen LogP contribution is -2.34. The van der Waals surface area contributed by atoms with Gasteiger partial charge in [0.15, 0.2) is 15.3 Å². The third-order valence-corrected chi connectivity index (χ3v) is 7.32. The van der Waals surface area contributed by atoms with E-state index in [1.165, 1.54) is 0 Å². The van der Waals surface area contributed by atoms with Crippen molar-refractivity contribution < 1.29 is 26.8 Å². The Morgan fingerprint density at radius 2 is 1.76 bits per heavy atom. The van der Waals surface area contributed by atoms with Crippen LogP contribution in [0.15, 0.2) is 0 Å². The van der Waals surface area contributed by atoms with Crippen LogP contribution in [-0.2, 0) is 28.2 Å². The quantitative estimate of drug-likeness (QED) is 0.625. The summed E-state index contributed by atoms with van der Waals surface area (Å²) in [6.45, 7) is 4.54. The van der Waals surface area contributed by atoms with Crippen LogP contribution in [0.3, 0.4) is 0 Å². The van der Waals surface area contributed by atoms with Gasteiger partial charge in [-0.15, -0.1) is 0 Å². The maximum atomic E-state index is 12.1. The molecule has 0 radical (unpaired) electrons.